The van der Waals surface area contributed by atoms with E-state index >= 15 is 0 Å². The van der Waals surface area contributed by atoms with Gasteiger partial charge in [0.05, 0.1) is 18.1 Å². The molecule has 2 amide bonds. The summed E-state index contributed by atoms with van der Waals surface area (Å²) >= 11 is 0. The molecule has 1 saturated heterocycles. The molecule has 1 atom stereocenters. The highest BCUT2D eigenvalue weighted by molar-refractivity contribution is 6.03. The second-order valence-electron chi connectivity index (χ2n) is 7.30. The summed E-state index contributed by atoms with van der Waals surface area (Å²) in [4.78, 5) is 38.6. The van der Waals surface area contributed by atoms with Crippen LogP contribution in [-0.4, -0.2) is 30.9 Å². The third kappa shape index (κ3) is 5.22. The molecule has 0 radical (unpaired) electrons. The highest BCUT2D eigenvalue weighted by atomic mass is 16.5. The smallest absolute Gasteiger partial charge is 0.338 e. The van der Waals surface area contributed by atoms with Crippen molar-refractivity contribution in [2.75, 3.05) is 23.4 Å². The Morgan fingerprint density at radius 1 is 1.17 bits per heavy atom. The molecule has 2 aromatic carbocycles. The van der Waals surface area contributed by atoms with E-state index in [-0.39, 0.29) is 24.2 Å². The molecule has 0 bridgehead atoms. The van der Waals surface area contributed by atoms with Crippen LogP contribution in [0.3, 0.4) is 0 Å². The fraction of sp³-hybridized carbons (Fsp3) is 0.348. The van der Waals surface area contributed by atoms with Crippen molar-refractivity contribution in [3.63, 3.8) is 0 Å². The summed E-state index contributed by atoms with van der Waals surface area (Å²) in [5.74, 6) is -1.04. The van der Waals surface area contributed by atoms with Crippen molar-refractivity contribution in [2.45, 2.75) is 33.1 Å². The van der Waals surface area contributed by atoms with Gasteiger partial charge in [0.25, 0.3) is 0 Å². The van der Waals surface area contributed by atoms with Gasteiger partial charge in [-0.05, 0) is 55.3 Å². The monoisotopic (exact) mass is 394 g/mol. The van der Waals surface area contributed by atoms with Crippen LogP contribution >= 0.6 is 0 Å². The van der Waals surface area contributed by atoms with E-state index in [2.05, 4.69) is 5.32 Å². The Hall–Kier alpha value is -3.15. The molecule has 0 saturated carbocycles. The van der Waals surface area contributed by atoms with Crippen molar-refractivity contribution < 1.29 is 19.1 Å². The summed E-state index contributed by atoms with van der Waals surface area (Å²) in [5, 5.41) is 2.84. The predicted octanol–water partition coefficient (Wildman–Crippen LogP) is 3.94. The summed E-state index contributed by atoms with van der Waals surface area (Å²) in [7, 11) is 0. The van der Waals surface area contributed by atoms with Crippen LogP contribution in [0.15, 0.2) is 48.5 Å². The quantitative estimate of drug-likeness (QED) is 0.570. The van der Waals surface area contributed by atoms with E-state index in [0.717, 1.165) is 24.1 Å². The number of carbonyl (C=O) groups excluding carboxylic acids is 3. The van der Waals surface area contributed by atoms with Gasteiger partial charge < -0.3 is 15.0 Å². The number of hydrogen-bond donors (Lipinski definition) is 1. The number of aryl methyl sites for hydroxylation is 1. The summed E-state index contributed by atoms with van der Waals surface area (Å²) in [6, 6.07) is 14.3. The first-order valence-electron chi connectivity index (χ1n) is 9.93. The van der Waals surface area contributed by atoms with Gasteiger partial charge in [0, 0.05) is 24.3 Å². The summed E-state index contributed by atoms with van der Waals surface area (Å²) in [5.41, 5.74) is 2.91. The minimum absolute atomic E-state index is 0.0547. The zero-order valence-corrected chi connectivity index (χ0v) is 16.8. The Morgan fingerprint density at radius 2 is 1.93 bits per heavy atom. The lowest BCUT2D eigenvalue weighted by Crippen LogP contribution is -2.28. The van der Waals surface area contributed by atoms with Crippen LogP contribution < -0.4 is 10.2 Å². The molecular formula is C23H26N2O4. The molecule has 6 nitrogen and oxygen atoms in total. The Kier molecular flexibility index (Phi) is 6.65. The Morgan fingerprint density at radius 3 is 2.62 bits per heavy atom. The van der Waals surface area contributed by atoms with E-state index in [1.54, 1.807) is 29.2 Å². The molecule has 1 fully saturated rings. The number of rotatable bonds is 7. The highest BCUT2D eigenvalue weighted by Crippen LogP contribution is 2.26. The minimum atomic E-state index is -0.415. The molecule has 3 rings (SSSR count). The Bertz CT molecular complexity index is 892. The van der Waals surface area contributed by atoms with Crippen molar-refractivity contribution in [1.82, 2.24) is 0 Å². The van der Waals surface area contributed by atoms with Gasteiger partial charge >= 0.3 is 5.97 Å². The summed E-state index contributed by atoms with van der Waals surface area (Å²) < 4.78 is 5.18. The van der Waals surface area contributed by atoms with Crippen LogP contribution in [0.4, 0.5) is 11.4 Å². The van der Waals surface area contributed by atoms with E-state index in [1.807, 2.05) is 38.1 Å². The highest BCUT2D eigenvalue weighted by Gasteiger charge is 2.35. The topological polar surface area (TPSA) is 75.7 Å². The third-order valence-corrected chi connectivity index (χ3v) is 4.93. The lowest BCUT2D eigenvalue weighted by atomic mass is 10.1. The standard InChI is InChI=1S/C23H26N2O4/c1-3-4-12-29-23(28)17-8-10-19(11-9-17)24-22(27)18-14-21(26)25(15-18)20-7-5-6-16(2)13-20/h5-11,13,18H,3-4,12,14-15H2,1-2H3,(H,24,27)/t18-/m0/s1. The summed E-state index contributed by atoms with van der Waals surface area (Å²) in [6.07, 6.45) is 1.98. The van der Waals surface area contributed by atoms with Crippen LogP contribution in [-0.2, 0) is 14.3 Å². The number of amides is 2. The fourth-order valence-corrected chi connectivity index (χ4v) is 3.26. The first kappa shape index (κ1) is 20.6. The van der Waals surface area contributed by atoms with E-state index in [1.165, 1.54) is 0 Å². The first-order chi connectivity index (χ1) is 14.0. The van der Waals surface area contributed by atoms with Gasteiger partial charge in [-0.3, -0.25) is 9.59 Å². The van der Waals surface area contributed by atoms with E-state index < -0.39 is 5.92 Å². The molecule has 2 aromatic rings. The zero-order valence-electron chi connectivity index (χ0n) is 16.8. The van der Waals surface area contributed by atoms with Crippen molar-refractivity contribution in [1.29, 1.82) is 0 Å². The average Bonchev–Trinajstić information content (AvgIpc) is 3.10. The van der Waals surface area contributed by atoms with Gasteiger partial charge in [0.2, 0.25) is 11.8 Å². The van der Waals surface area contributed by atoms with Crippen LogP contribution in [0.1, 0.15) is 42.1 Å². The zero-order chi connectivity index (χ0) is 20.8. The number of anilines is 2. The molecule has 1 heterocycles. The van der Waals surface area contributed by atoms with Gasteiger partial charge in [-0.1, -0.05) is 25.5 Å². The Labute approximate surface area is 170 Å². The molecule has 152 valence electrons. The predicted molar refractivity (Wildman–Crippen MR) is 112 cm³/mol. The normalized spacial score (nSPS) is 16.0. The molecule has 1 aliphatic heterocycles. The number of ether oxygens (including phenoxy) is 1. The van der Waals surface area contributed by atoms with Crippen molar-refractivity contribution in [3.8, 4) is 0 Å². The van der Waals surface area contributed by atoms with Gasteiger partial charge in [-0.2, -0.15) is 0 Å². The number of nitrogens with one attached hydrogen (secondary N) is 1. The third-order valence-electron chi connectivity index (χ3n) is 4.93. The number of esters is 1. The van der Waals surface area contributed by atoms with Gasteiger partial charge in [0.1, 0.15) is 0 Å². The number of hydrogen-bond acceptors (Lipinski definition) is 4. The second kappa shape index (κ2) is 9.37. The number of carbonyl (C=O) groups is 3. The molecule has 1 aliphatic rings. The largest absolute Gasteiger partial charge is 0.462 e. The number of benzene rings is 2. The second-order valence-corrected chi connectivity index (χ2v) is 7.30. The fourth-order valence-electron chi connectivity index (χ4n) is 3.26. The lowest BCUT2D eigenvalue weighted by molar-refractivity contribution is -0.122. The van der Waals surface area contributed by atoms with E-state index in [9.17, 15) is 14.4 Å². The maximum Gasteiger partial charge on any atom is 0.338 e. The van der Waals surface area contributed by atoms with Crippen molar-refractivity contribution >= 4 is 29.2 Å². The maximum atomic E-state index is 12.6. The van der Waals surface area contributed by atoms with Gasteiger partial charge in [-0.15, -0.1) is 0 Å². The summed E-state index contributed by atoms with van der Waals surface area (Å²) in [6.45, 7) is 4.76. The van der Waals surface area contributed by atoms with Gasteiger partial charge in [0.15, 0.2) is 0 Å². The molecule has 0 aromatic heterocycles. The lowest BCUT2D eigenvalue weighted by Gasteiger charge is -2.17. The van der Waals surface area contributed by atoms with Crippen molar-refractivity contribution in [2.24, 2.45) is 5.92 Å². The van der Waals surface area contributed by atoms with E-state index in [0.29, 0.717) is 24.4 Å². The SMILES string of the molecule is CCCCOC(=O)c1ccc(NC(=O)[C@H]2CC(=O)N(c3cccc(C)c3)C2)cc1. The minimum Gasteiger partial charge on any atom is -0.462 e. The van der Waals surface area contributed by atoms with Gasteiger partial charge in [-0.25, -0.2) is 4.79 Å². The Balaban J connectivity index is 1.58. The van der Waals surface area contributed by atoms with E-state index in [4.69, 9.17) is 4.74 Å². The van der Waals surface area contributed by atoms with Crippen molar-refractivity contribution in [3.05, 3.63) is 59.7 Å². The molecule has 6 heteroatoms. The molecule has 0 aliphatic carbocycles. The number of nitrogens with zero attached hydrogens (tertiary/aromatic N) is 1. The maximum absolute atomic E-state index is 12.6. The molecular weight excluding hydrogens is 368 g/mol. The van der Waals surface area contributed by atoms with Crippen LogP contribution in [0.25, 0.3) is 0 Å². The first-order valence-corrected chi connectivity index (χ1v) is 9.93. The molecule has 0 spiro atoms. The molecule has 29 heavy (non-hydrogen) atoms. The number of unbranched alkanes of at least 4 members (excludes halogenated alkanes) is 1. The van der Waals surface area contributed by atoms with Crippen LogP contribution in [0, 0.1) is 12.8 Å². The average molecular weight is 394 g/mol. The molecule has 1 N–H and O–H groups in total. The van der Waals surface area contributed by atoms with Crippen LogP contribution in [0.5, 0.6) is 0 Å². The van der Waals surface area contributed by atoms with Crippen LogP contribution in [0.2, 0.25) is 0 Å². The molecule has 0 unspecified atom stereocenters.